The van der Waals surface area contributed by atoms with Crippen LogP contribution in [0.5, 0.6) is 5.75 Å². The fourth-order valence-electron chi connectivity index (χ4n) is 2.94. The fraction of sp³-hybridized carbons (Fsp3) is 0.400. The summed E-state index contributed by atoms with van der Waals surface area (Å²) in [6.45, 7) is 0. The van der Waals surface area contributed by atoms with Crippen LogP contribution in [-0.2, 0) is 6.42 Å². The Labute approximate surface area is 216 Å². The average molecular weight is 566 g/mol. The first-order valence-electron chi connectivity index (χ1n) is 9.08. The van der Waals surface area contributed by atoms with Crippen LogP contribution in [0.1, 0.15) is 16.4 Å². The van der Waals surface area contributed by atoms with Crippen molar-refractivity contribution in [1.82, 2.24) is 0 Å². The molecule has 0 radical (unpaired) electrons. The number of benzene rings is 2. The molecule has 3 rings (SSSR count). The molecule has 0 aromatic heterocycles. The number of thiol groups is 1. The number of nitro groups is 1. The molecule has 1 aliphatic carbocycles. The fourth-order valence-corrected chi connectivity index (χ4v) is 5.63. The first-order valence-corrected chi connectivity index (χ1v) is 12.2. The second-order valence-corrected chi connectivity index (χ2v) is 10.5. The zero-order valence-electron chi connectivity index (χ0n) is 15.8. The third-order valence-corrected chi connectivity index (χ3v) is 9.22. The number of rotatable bonds is 4. The lowest BCUT2D eigenvalue weighted by atomic mass is 9.97. The normalized spacial score (nSPS) is 28.9. The molecule has 2 aromatic carbocycles. The molecular formula is C20H19Cl6NO3S. The van der Waals surface area contributed by atoms with Crippen molar-refractivity contribution in [2.45, 2.75) is 43.9 Å². The van der Waals surface area contributed by atoms with E-state index in [-0.39, 0.29) is 21.6 Å². The van der Waals surface area contributed by atoms with Gasteiger partial charge in [0.1, 0.15) is 5.75 Å². The topological polar surface area (TPSA) is 63.4 Å². The monoisotopic (exact) mass is 563 g/mol. The van der Waals surface area contributed by atoms with Gasteiger partial charge in [0, 0.05) is 16.9 Å². The maximum absolute atomic E-state index is 10.9. The van der Waals surface area contributed by atoms with Gasteiger partial charge in [-0.2, -0.15) is 12.6 Å². The first kappa shape index (κ1) is 27.0. The van der Waals surface area contributed by atoms with Crippen LogP contribution in [-0.4, -0.2) is 42.3 Å². The van der Waals surface area contributed by atoms with Crippen LogP contribution in [0.15, 0.2) is 48.5 Å². The number of halogens is 6. The minimum atomic E-state index is -0.437. The van der Waals surface area contributed by atoms with Crippen molar-refractivity contribution < 1.29 is 10.0 Å². The lowest BCUT2D eigenvalue weighted by molar-refractivity contribution is -0.385. The van der Waals surface area contributed by atoms with Crippen LogP contribution in [0.4, 0.5) is 5.69 Å². The summed E-state index contributed by atoms with van der Waals surface area (Å²) in [5.74, 6) is 0.190. The smallest absolute Gasteiger partial charge is 0.272 e. The molecule has 4 nitrogen and oxygen atoms in total. The van der Waals surface area contributed by atoms with E-state index in [9.17, 15) is 15.2 Å². The van der Waals surface area contributed by atoms with Crippen molar-refractivity contribution >= 4 is 87.9 Å². The Kier molecular flexibility index (Phi) is 10.7. The summed E-state index contributed by atoms with van der Waals surface area (Å²) < 4.78 is 0. The highest BCUT2D eigenvalue weighted by Gasteiger charge is 2.46. The summed E-state index contributed by atoms with van der Waals surface area (Å²) in [6, 6.07) is 13.4. The van der Waals surface area contributed by atoms with Crippen molar-refractivity contribution in [2.75, 3.05) is 0 Å². The molecule has 0 amide bonds. The Hall–Kier alpha value is -0.270. The number of hydrogen-bond acceptors (Lipinski definition) is 4. The van der Waals surface area contributed by atoms with Gasteiger partial charge in [-0.1, -0.05) is 30.3 Å². The van der Waals surface area contributed by atoms with E-state index in [0.717, 1.165) is 5.56 Å². The standard InChI is InChI=1S/C14H13NO3S.C6H6Cl6/c16-12-7-5-10(6-8-12)14(19)9-11-3-1-2-4-13(11)15(17)18;7-1-2(8)4(10)6(12)5(11)3(1)9/h1-8,14,16,19H,9H2;1-6H/t;1-,2-,3-,4+,5+,6+. The molecule has 11 heteroatoms. The van der Waals surface area contributed by atoms with E-state index >= 15 is 0 Å². The lowest BCUT2D eigenvalue weighted by Gasteiger charge is -2.37. The Morgan fingerprint density at radius 1 is 0.839 bits per heavy atom. The van der Waals surface area contributed by atoms with Gasteiger partial charge in [-0.25, -0.2) is 0 Å². The Balaban J connectivity index is 0.000000245. The van der Waals surface area contributed by atoms with Gasteiger partial charge in [-0.3, -0.25) is 10.1 Å². The van der Waals surface area contributed by atoms with Crippen LogP contribution >= 0.6 is 82.2 Å². The number of phenolic OH excluding ortho intramolecular Hbond substituents is 1. The number of para-hydroxylation sites is 1. The van der Waals surface area contributed by atoms with E-state index in [4.69, 9.17) is 69.6 Å². The summed E-state index contributed by atoms with van der Waals surface area (Å²) in [6.07, 6.45) is 0.463. The summed E-state index contributed by atoms with van der Waals surface area (Å²) in [5, 5.41) is 17.4. The minimum Gasteiger partial charge on any atom is -0.508 e. The zero-order chi connectivity index (χ0) is 23.3. The average Bonchev–Trinajstić information content (AvgIpc) is 2.76. The first-order chi connectivity index (χ1) is 14.5. The number of phenols is 1. The number of alkyl halides is 6. The molecule has 0 bridgehead atoms. The van der Waals surface area contributed by atoms with E-state index in [2.05, 4.69) is 12.6 Å². The molecule has 1 saturated carbocycles. The van der Waals surface area contributed by atoms with E-state index in [1.165, 1.54) is 6.07 Å². The van der Waals surface area contributed by atoms with Crippen molar-refractivity contribution in [2.24, 2.45) is 0 Å². The molecule has 0 heterocycles. The Morgan fingerprint density at radius 3 is 1.68 bits per heavy atom. The van der Waals surface area contributed by atoms with Gasteiger partial charge in [0.2, 0.25) is 0 Å². The summed E-state index contributed by atoms with van der Waals surface area (Å²) >= 11 is 39.8. The molecule has 1 fully saturated rings. The van der Waals surface area contributed by atoms with E-state index in [1.54, 1.807) is 42.5 Å². The van der Waals surface area contributed by atoms with Crippen molar-refractivity contribution in [3.63, 3.8) is 0 Å². The SMILES string of the molecule is Cl[C@H]1[C@H](Cl)[C@@H](Cl)[C@@H](Cl)[C@H](Cl)[C@H]1Cl.O=[N+]([O-])c1ccccc1CC(S)c1ccc(O)cc1. The third kappa shape index (κ3) is 7.10. The molecule has 1 atom stereocenters. The van der Waals surface area contributed by atoms with Crippen molar-refractivity contribution in [3.05, 3.63) is 69.8 Å². The second-order valence-electron chi connectivity index (χ2n) is 6.86. The molecule has 2 aromatic rings. The molecule has 1 aliphatic rings. The molecule has 1 unspecified atom stereocenters. The highest BCUT2D eigenvalue weighted by Crippen LogP contribution is 2.39. The molecule has 170 valence electrons. The summed E-state index contributed by atoms with van der Waals surface area (Å²) in [5.41, 5.74) is 1.68. The molecule has 31 heavy (non-hydrogen) atoms. The second kappa shape index (κ2) is 12.3. The Bertz CT molecular complexity index is 816. The predicted molar refractivity (Wildman–Crippen MR) is 134 cm³/mol. The summed E-state index contributed by atoms with van der Waals surface area (Å²) in [7, 11) is 0. The molecule has 0 saturated heterocycles. The summed E-state index contributed by atoms with van der Waals surface area (Å²) in [4.78, 5) is 10.5. The van der Waals surface area contributed by atoms with E-state index < -0.39 is 32.3 Å². The number of hydrogen-bond donors (Lipinski definition) is 2. The number of nitro benzene ring substituents is 1. The minimum absolute atomic E-state index is 0.111. The predicted octanol–water partition coefficient (Wildman–Crippen LogP) is 7.16. The lowest BCUT2D eigenvalue weighted by Crippen LogP contribution is -2.52. The Morgan fingerprint density at radius 2 is 1.26 bits per heavy atom. The molecule has 1 N–H and O–H groups in total. The maximum Gasteiger partial charge on any atom is 0.272 e. The van der Waals surface area contributed by atoms with Crippen LogP contribution in [0.25, 0.3) is 0 Å². The van der Waals surface area contributed by atoms with Gasteiger partial charge >= 0.3 is 0 Å². The van der Waals surface area contributed by atoms with E-state index in [1.807, 2.05) is 0 Å². The molecule has 0 aliphatic heterocycles. The van der Waals surface area contributed by atoms with Crippen molar-refractivity contribution in [3.8, 4) is 5.75 Å². The molecule has 0 spiro atoms. The van der Waals surface area contributed by atoms with Gasteiger partial charge in [0.25, 0.3) is 5.69 Å². The van der Waals surface area contributed by atoms with Gasteiger partial charge in [0.15, 0.2) is 0 Å². The van der Waals surface area contributed by atoms with Crippen LogP contribution in [0.3, 0.4) is 0 Å². The number of nitrogens with zero attached hydrogens (tertiary/aromatic N) is 1. The zero-order valence-corrected chi connectivity index (χ0v) is 21.2. The van der Waals surface area contributed by atoms with Gasteiger partial charge in [0.05, 0.1) is 37.2 Å². The quantitative estimate of drug-likeness (QED) is 0.179. The van der Waals surface area contributed by atoms with Gasteiger partial charge in [-0.05, 0) is 24.1 Å². The van der Waals surface area contributed by atoms with E-state index in [0.29, 0.717) is 12.0 Å². The molecular weight excluding hydrogens is 547 g/mol. The van der Waals surface area contributed by atoms with Crippen LogP contribution in [0.2, 0.25) is 0 Å². The van der Waals surface area contributed by atoms with Gasteiger partial charge < -0.3 is 5.11 Å². The van der Waals surface area contributed by atoms with Crippen LogP contribution < -0.4 is 0 Å². The highest BCUT2D eigenvalue weighted by atomic mass is 35.5. The van der Waals surface area contributed by atoms with Gasteiger partial charge in [-0.15, -0.1) is 69.6 Å². The maximum atomic E-state index is 10.9. The largest absolute Gasteiger partial charge is 0.508 e. The number of aromatic hydroxyl groups is 1. The van der Waals surface area contributed by atoms with Crippen molar-refractivity contribution in [1.29, 1.82) is 0 Å². The third-order valence-electron chi connectivity index (χ3n) is 4.70. The highest BCUT2D eigenvalue weighted by molar-refractivity contribution is 7.80. The van der Waals surface area contributed by atoms with Crippen LogP contribution in [0, 0.1) is 10.1 Å².